The number of carbonyl (C=O) groups excluding carboxylic acids is 1. The van der Waals surface area contributed by atoms with Crippen molar-refractivity contribution in [3.8, 4) is 0 Å². The van der Waals surface area contributed by atoms with Gasteiger partial charge in [0.25, 0.3) is 5.91 Å². The number of nitrogens with one attached hydrogen (secondary N) is 2. The molecule has 0 aromatic heterocycles. The van der Waals surface area contributed by atoms with Crippen LogP contribution in [0.15, 0.2) is 29.3 Å². The molecule has 1 aromatic rings. The molecule has 0 spiro atoms. The van der Waals surface area contributed by atoms with Crippen LogP contribution in [0.4, 0.5) is 0 Å². The normalized spacial score (nSPS) is 18.0. The highest BCUT2D eigenvalue weighted by Crippen LogP contribution is 2.06. The summed E-state index contributed by atoms with van der Waals surface area (Å²) in [5, 5.41) is 6.58. The van der Waals surface area contributed by atoms with Crippen molar-refractivity contribution in [3.05, 3.63) is 35.4 Å². The SMILES string of the molecule is CN=C(NCc1ccc(C(=O)N(C)C)cc1)NCC1CN(C)CCO1.I. The highest BCUT2D eigenvalue weighted by atomic mass is 127. The average molecular weight is 475 g/mol. The third-order valence-corrected chi connectivity index (χ3v) is 4.13. The zero-order valence-corrected chi connectivity index (χ0v) is 18.3. The number of carbonyl (C=O) groups is 1. The number of likely N-dealkylation sites (N-methyl/N-ethyl adjacent to an activating group) is 1. The lowest BCUT2D eigenvalue weighted by Crippen LogP contribution is -2.48. The van der Waals surface area contributed by atoms with Gasteiger partial charge in [-0.3, -0.25) is 9.79 Å². The van der Waals surface area contributed by atoms with Gasteiger partial charge in [0.05, 0.1) is 12.7 Å². The molecule has 8 heteroatoms. The van der Waals surface area contributed by atoms with Crippen molar-refractivity contribution in [2.75, 3.05) is 54.4 Å². The monoisotopic (exact) mass is 475 g/mol. The Morgan fingerprint density at radius 2 is 2.00 bits per heavy atom. The van der Waals surface area contributed by atoms with E-state index in [1.165, 1.54) is 0 Å². The zero-order chi connectivity index (χ0) is 18.2. The molecule has 2 N–H and O–H groups in total. The fourth-order valence-corrected chi connectivity index (χ4v) is 2.63. The van der Waals surface area contributed by atoms with Crippen molar-refractivity contribution in [2.24, 2.45) is 4.99 Å². The first-order chi connectivity index (χ1) is 12.0. The molecule has 2 rings (SSSR count). The van der Waals surface area contributed by atoms with Crippen LogP contribution < -0.4 is 10.6 Å². The van der Waals surface area contributed by atoms with E-state index in [4.69, 9.17) is 4.74 Å². The van der Waals surface area contributed by atoms with Crippen molar-refractivity contribution >= 4 is 35.8 Å². The quantitative estimate of drug-likeness (QED) is 0.378. The zero-order valence-electron chi connectivity index (χ0n) is 16.0. The fourth-order valence-electron chi connectivity index (χ4n) is 2.63. The first-order valence-corrected chi connectivity index (χ1v) is 8.55. The Morgan fingerprint density at radius 3 is 2.58 bits per heavy atom. The Kier molecular flexibility index (Phi) is 9.89. The van der Waals surface area contributed by atoms with Crippen LogP contribution in [0.3, 0.4) is 0 Å². The molecule has 0 bridgehead atoms. The fraction of sp³-hybridized carbons (Fsp3) is 0.556. The lowest BCUT2D eigenvalue weighted by molar-refractivity contribution is -0.0161. The summed E-state index contributed by atoms with van der Waals surface area (Å²) < 4.78 is 5.74. The third-order valence-electron chi connectivity index (χ3n) is 4.13. The minimum absolute atomic E-state index is 0. The summed E-state index contributed by atoms with van der Waals surface area (Å²) in [6.07, 6.45) is 0.175. The van der Waals surface area contributed by atoms with Crippen LogP contribution in [-0.4, -0.2) is 82.2 Å². The van der Waals surface area contributed by atoms with Gasteiger partial charge in [-0.1, -0.05) is 12.1 Å². The third kappa shape index (κ3) is 7.08. The molecule has 146 valence electrons. The van der Waals surface area contributed by atoms with Crippen molar-refractivity contribution in [1.29, 1.82) is 0 Å². The van der Waals surface area contributed by atoms with Gasteiger partial charge in [0, 0.05) is 52.9 Å². The smallest absolute Gasteiger partial charge is 0.253 e. The Bertz CT molecular complexity index is 592. The minimum Gasteiger partial charge on any atom is -0.374 e. The first kappa shape index (κ1) is 22.7. The number of rotatable bonds is 5. The molecule has 1 aromatic carbocycles. The van der Waals surface area contributed by atoms with E-state index in [0.29, 0.717) is 12.1 Å². The topological polar surface area (TPSA) is 69.2 Å². The van der Waals surface area contributed by atoms with Crippen LogP contribution >= 0.6 is 24.0 Å². The van der Waals surface area contributed by atoms with Gasteiger partial charge in [-0.15, -0.1) is 24.0 Å². The van der Waals surface area contributed by atoms with E-state index in [1.54, 1.807) is 26.0 Å². The molecule has 26 heavy (non-hydrogen) atoms. The molecule has 1 saturated heterocycles. The van der Waals surface area contributed by atoms with Crippen LogP contribution in [0.2, 0.25) is 0 Å². The van der Waals surface area contributed by atoms with Crippen LogP contribution in [0.5, 0.6) is 0 Å². The lowest BCUT2D eigenvalue weighted by Gasteiger charge is -2.30. The maximum atomic E-state index is 11.9. The molecule has 1 amide bonds. The Hall–Kier alpha value is -1.39. The Labute approximate surface area is 173 Å². The maximum absolute atomic E-state index is 11.9. The van der Waals surface area contributed by atoms with Gasteiger partial charge >= 0.3 is 0 Å². The van der Waals surface area contributed by atoms with E-state index in [0.717, 1.165) is 37.8 Å². The Morgan fingerprint density at radius 1 is 1.31 bits per heavy atom. The van der Waals surface area contributed by atoms with Crippen LogP contribution in [-0.2, 0) is 11.3 Å². The number of hydrogen-bond acceptors (Lipinski definition) is 4. The van der Waals surface area contributed by atoms with Gasteiger partial charge in [-0.2, -0.15) is 0 Å². The summed E-state index contributed by atoms with van der Waals surface area (Å²) in [4.78, 5) is 20.0. The van der Waals surface area contributed by atoms with Gasteiger partial charge < -0.3 is 25.2 Å². The van der Waals surface area contributed by atoms with Crippen molar-refractivity contribution in [1.82, 2.24) is 20.4 Å². The summed E-state index contributed by atoms with van der Waals surface area (Å²) >= 11 is 0. The van der Waals surface area contributed by atoms with E-state index in [2.05, 4.69) is 27.6 Å². The molecule has 0 radical (unpaired) electrons. The largest absolute Gasteiger partial charge is 0.374 e. The predicted molar refractivity (Wildman–Crippen MR) is 115 cm³/mol. The highest BCUT2D eigenvalue weighted by Gasteiger charge is 2.17. The molecule has 1 unspecified atom stereocenters. The van der Waals surface area contributed by atoms with Gasteiger partial charge in [0.1, 0.15) is 0 Å². The first-order valence-electron chi connectivity index (χ1n) is 8.55. The van der Waals surface area contributed by atoms with Crippen LogP contribution in [0, 0.1) is 0 Å². The number of ether oxygens (including phenoxy) is 1. The number of hydrogen-bond donors (Lipinski definition) is 2. The molecule has 0 saturated carbocycles. The Balaban J connectivity index is 0.00000338. The number of aliphatic imine (C=N–C) groups is 1. The molecule has 1 aliphatic rings. The van der Waals surface area contributed by atoms with E-state index in [-0.39, 0.29) is 36.0 Å². The molecule has 1 fully saturated rings. The second-order valence-electron chi connectivity index (χ2n) is 6.46. The van der Waals surface area contributed by atoms with E-state index in [9.17, 15) is 4.79 Å². The molecule has 0 aliphatic carbocycles. The molecular formula is C18H30IN5O2. The second kappa shape index (κ2) is 11.3. The highest BCUT2D eigenvalue weighted by molar-refractivity contribution is 14.0. The van der Waals surface area contributed by atoms with Crippen molar-refractivity contribution in [3.63, 3.8) is 0 Å². The van der Waals surface area contributed by atoms with Gasteiger partial charge in [-0.25, -0.2) is 0 Å². The predicted octanol–water partition coefficient (Wildman–Crippen LogP) is 1.00. The lowest BCUT2D eigenvalue weighted by atomic mass is 10.1. The van der Waals surface area contributed by atoms with Crippen LogP contribution in [0.25, 0.3) is 0 Å². The minimum atomic E-state index is 0. The average Bonchev–Trinajstić information content (AvgIpc) is 2.61. The number of halogens is 1. The number of morpholine rings is 1. The van der Waals surface area contributed by atoms with Crippen LogP contribution in [0.1, 0.15) is 15.9 Å². The van der Waals surface area contributed by atoms with Gasteiger partial charge in [0.15, 0.2) is 5.96 Å². The maximum Gasteiger partial charge on any atom is 0.253 e. The molecule has 1 aliphatic heterocycles. The molecule has 1 heterocycles. The summed E-state index contributed by atoms with van der Waals surface area (Å²) in [6, 6.07) is 7.61. The van der Waals surface area contributed by atoms with Crippen molar-refractivity contribution < 1.29 is 9.53 Å². The van der Waals surface area contributed by atoms with E-state index >= 15 is 0 Å². The summed E-state index contributed by atoms with van der Waals surface area (Å²) in [7, 11) is 7.36. The number of benzene rings is 1. The van der Waals surface area contributed by atoms with E-state index < -0.39 is 0 Å². The number of nitrogens with zero attached hydrogens (tertiary/aromatic N) is 3. The second-order valence-corrected chi connectivity index (χ2v) is 6.46. The van der Waals surface area contributed by atoms with Gasteiger partial charge in [0.2, 0.25) is 0 Å². The van der Waals surface area contributed by atoms with Crippen molar-refractivity contribution in [2.45, 2.75) is 12.6 Å². The summed E-state index contributed by atoms with van der Waals surface area (Å²) in [6.45, 7) is 4.04. The van der Waals surface area contributed by atoms with E-state index in [1.807, 2.05) is 24.3 Å². The standard InChI is InChI=1S/C18H29N5O2.HI/c1-19-18(21-12-16-13-23(4)9-10-25-16)20-11-14-5-7-15(8-6-14)17(24)22(2)3;/h5-8,16H,9-13H2,1-4H3,(H2,19,20,21);1H. The molecular weight excluding hydrogens is 445 g/mol. The summed E-state index contributed by atoms with van der Waals surface area (Å²) in [5.74, 6) is 0.750. The number of amides is 1. The molecule has 1 atom stereocenters. The molecule has 7 nitrogen and oxygen atoms in total. The number of guanidine groups is 1. The summed E-state index contributed by atoms with van der Waals surface area (Å²) in [5.41, 5.74) is 1.78. The van der Waals surface area contributed by atoms with Gasteiger partial charge in [-0.05, 0) is 24.7 Å².